The molecule has 1 spiro atoms. The molecule has 0 unspecified atom stereocenters. The van der Waals surface area contributed by atoms with E-state index in [1.807, 2.05) is 40.9 Å². The highest BCUT2D eigenvalue weighted by Crippen LogP contribution is 2.64. The van der Waals surface area contributed by atoms with Crippen LogP contribution in [0.1, 0.15) is 53.0 Å². The van der Waals surface area contributed by atoms with E-state index in [2.05, 4.69) is 17.0 Å². The largest absolute Gasteiger partial charge is 0.263 e. The van der Waals surface area contributed by atoms with E-state index in [1.54, 1.807) is 34.8 Å². The smallest absolute Gasteiger partial charge is 0.227 e. The molecule has 0 N–H and O–H groups in total. The molecule has 34 heavy (non-hydrogen) atoms. The van der Waals surface area contributed by atoms with Gasteiger partial charge in [-0.1, -0.05) is 19.3 Å². The van der Waals surface area contributed by atoms with Crippen molar-refractivity contribution in [3.8, 4) is 28.0 Å². The van der Waals surface area contributed by atoms with Crippen molar-refractivity contribution >= 4 is 76.3 Å². The Labute approximate surface area is 212 Å². The zero-order valence-corrected chi connectivity index (χ0v) is 21.0. The molecule has 6 rings (SSSR count). The monoisotopic (exact) mass is 510 g/mol. The maximum absolute atomic E-state index is 9.23. The van der Waals surface area contributed by atoms with Crippen LogP contribution in [0.15, 0.2) is 23.4 Å². The number of hydrogen-bond acceptors (Lipinski definition) is 7. The fourth-order valence-corrected chi connectivity index (χ4v) is 11.1. The number of thiophene rings is 4. The van der Waals surface area contributed by atoms with Gasteiger partial charge in [0.15, 0.2) is 0 Å². The molecule has 4 nitrogen and oxygen atoms in total. The van der Waals surface area contributed by atoms with E-state index < -0.39 is 0 Å². The molecule has 0 aromatic carbocycles. The molecule has 1 fully saturated rings. The summed E-state index contributed by atoms with van der Waals surface area (Å²) in [7, 11) is 0. The highest BCUT2D eigenvalue weighted by Gasteiger charge is 2.48. The van der Waals surface area contributed by atoms with Crippen LogP contribution in [-0.2, 0) is 5.41 Å². The van der Waals surface area contributed by atoms with E-state index in [0.717, 1.165) is 22.6 Å². The van der Waals surface area contributed by atoms with Gasteiger partial charge in [-0.15, -0.1) is 45.3 Å². The van der Waals surface area contributed by atoms with Crippen molar-refractivity contribution in [1.29, 1.82) is 15.8 Å². The predicted molar refractivity (Wildman–Crippen MR) is 142 cm³/mol. The van der Waals surface area contributed by atoms with Gasteiger partial charge < -0.3 is 0 Å². The number of nitrogens with zero attached hydrogens (tertiary/aromatic N) is 4. The Balaban J connectivity index is 1.57. The highest BCUT2D eigenvalue weighted by atomic mass is 32.1. The lowest BCUT2D eigenvalue weighted by Gasteiger charge is -2.35. The zero-order valence-electron chi connectivity index (χ0n) is 17.8. The zero-order chi connectivity index (χ0) is 23.4. The first kappa shape index (κ1) is 21.3. The van der Waals surface area contributed by atoms with Crippen LogP contribution in [0.4, 0.5) is 0 Å². The molecular formula is C26H14N4S4. The Hall–Kier alpha value is -3.24. The summed E-state index contributed by atoms with van der Waals surface area (Å²) in [4.78, 5) is 7.93. The molecule has 0 saturated heterocycles. The van der Waals surface area contributed by atoms with E-state index >= 15 is 0 Å². The van der Waals surface area contributed by atoms with Crippen LogP contribution in [0.2, 0.25) is 0 Å². The van der Waals surface area contributed by atoms with Gasteiger partial charge in [0, 0.05) is 30.3 Å². The molecule has 0 radical (unpaired) electrons. The quantitative estimate of drug-likeness (QED) is 0.200. The summed E-state index contributed by atoms with van der Waals surface area (Å²) in [5.74, 6) is 0. The maximum Gasteiger partial charge on any atom is 0.263 e. The van der Waals surface area contributed by atoms with Gasteiger partial charge in [0.05, 0.1) is 31.6 Å². The standard InChI is InChI=1S/C26H14N4S4/c1-30-15(13-29)8-17-9-18-21(31-17)23-20(26(18)5-3-2-4-6-26)24-25(34-23)22-19(33-24)10-16(32-22)7-14(11-27)12-28/h7-10H,2-6H2/b15-8+. The molecule has 2 aliphatic rings. The molecule has 4 aromatic rings. The Morgan fingerprint density at radius 3 is 2.32 bits per heavy atom. The lowest BCUT2D eigenvalue weighted by molar-refractivity contribution is 0.356. The normalized spacial score (nSPS) is 15.9. The van der Waals surface area contributed by atoms with Gasteiger partial charge in [-0.3, -0.25) is 0 Å². The van der Waals surface area contributed by atoms with Crippen molar-refractivity contribution in [2.24, 2.45) is 0 Å². The van der Waals surface area contributed by atoms with Crippen LogP contribution in [0, 0.1) is 40.6 Å². The molecule has 4 heterocycles. The minimum Gasteiger partial charge on any atom is -0.227 e. The first-order valence-electron chi connectivity index (χ1n) is 10.8. The van der Waals surface area contributed by atoms with E-state index in [9.17, 15) is 5.26 Å². The number of hydrogen-bond donors (Lipinski definition) is 0. The first-order chi connectivity index (χ1) is 16.6. The molecule has 2 aliphatic carbocycles. The summed E-state index contributed by atoms with van der Waals surface area (Å²) >= 11 is 7.04. The van der Waals surface area contributed by atoms with Gasteiger partial charge in [-0.2, -0.15) is 10.5 Å². The molecule has 8 heteroatoms. The SMILES string of the molecule is [C-]#[N+]/C(C#N)=C/c1cc2c(s1)-c1sc3c(sc4cc(C=C(C#N)C#N)sc43)c1C21CCCCC1. The Bertz CT molecular complexity index is 1700. The van der Waals surface area contributed by atoms with Gasteiger partial charge in [0.2, 0.25) is 0 Å². The van der Waals surface area contributed by atoms with Crippen LogP contribution >= 0.6 is 45.3 Å². The fourth-order valence-electron chi connectivity index (χ4n) is 5.34. The Kier molecular flexibility index (Phi) is 4.96. The average Bonchev–Trinajstić information content (AvgIpc) is 3.63. The Morgan fingerprint density at radius 1 is 0.853 bits per heavy atom. The second-order valence-electron chi connectivity index (χ2n) is 8.48. The van der Waals surface area contributed by atoms with E-state index in [1.165, 1.54) is 58.9 Å². The molecule has 0 atom stereocenters. The number of rotatable bonds is 2. The third-order valence-corrected chi connectivity index (χ3v) is 11.8. The van der Waals surface area contributed by atoms with Crippen LogP contribution < -0.4 is 0 Å². The highest BCUT2D eigenvalue weighted by molar-refractivity contribution is 7.40. The fraction of sp³-hybridized carbons (Fsp3) is 0.231. The molecule has 1 saturated carbocycles. The van der Waals surface area contributed by atoms with Crippen LogP contribution in [0.25, 0.3) is 45.6 Å². The molecule has 0 amide bonds. The Morgan fingerprint density at radius 2 is 1.62 bits per heavy atom. The third kappa shape index (κ3) is 2.94. The van der Waals surface area contributed by atoms with Crippen LogP contribution in [-0.4, -0.2) is 0 Å². The second kappa shape index (κ2) is 7.92. The summed E-state index contributed by atoms with van der Waals surface area (Å²) in [5.41, 5.74) is 3.16. The van der Waals surface area contributed by atoms with Crippen molar-refractivity contribution in [2.45, 2.75) is 37.5 Å². The van der Waals surface area contributed by atoms with Crippen LogP contribution in [0.3, 0.4) is 0 Å². The first-order valence-corrected chi connectivity index (χ1v) is 14.0. The lowest BCUT2D eigenvalue weighted by atomic mass is 9.68. The molecular weight excluding hydrogens is 497 g/mol. The maximum atomic E-state index is 9.23. The van der Waals surface area contributed by atoms with Crippen molar-refractivity contribution < 1.29 is 0 Å². The van der Waals surface area contributed by atoms with Gasteiger partial charge in [0.1, 0.15) is 17.7 Å². The molecule has 0 aliphatic heterocycles. The van der Waals surface area contributed by atoms with E-state index in [4.69, 9.17) is 17.1 Å². The third-order valence-electron chi connectivity index (χ3n) is 6.70. The number of nitriles is 3. The summed E-state index contributed by atoms with van der Waals surface area (Å²) in [6, 6.07) is 10.2. The molecule has 162 valence electrons. The topological polar surface area (TPSA) is 75.7 Å². The van der Waals surface area contributed by atoms with Gasteiger partial charge in [0.25, 0.3) is 5.70 Å². The van der Waals surface area contributed by atoms with E-state index in [-0.39, 0.29) is 16.7 Å². The van der Waals surface area contributed by atoms with Gasteiger partial charge in [-0.05, 0) is 42.7 Å². The minimum absolute atomic E-state index is 0.0269. The number of allylic oxidation sites excluding steroid dienone is 2. The average molecular weight is 511 g/mol. The predicted octanol–water partition coefficient (Wildman–Crippen LogP) is 8.68. The summed E-state index contributed by atoms with van der Waals surface area (Å²) in [5, 5.41) is 27.5. The second-order valence-corrected chi connectivity index (χ2v) is 12.7. The summed E-state index contributed by atoms with van der Waals surface area (Å²) in [6.07, 6.45) is 9.36. The van der Waals surface area contributed by atoms with Gasteiger partial charge >= 0.3 is 0 Å². The molecule has 0 bridgehead atoms. The molecule has 4 aromatic heterocycles. The van der Waals surface area contributed by atoms with Crippen molar-refractivity contribution in [3.05, 3.63) is 55.7 Å². The van der Waals surface area contributed by atoms with Crippen LogP contribution in [0.5, 0.6) is 0 Å². The number of fused-ring (bicyclic) bond motifs is 9. The van der Waals surface area contributed by atoms with E-state index in [0.29, 0.717) is 0 Å². The van der Waals surface area contributed by atoms with Gasteiger partial charge in [-0.25, -0.2) is 10.1 Å². The van der Waals surface area contributed by atoms with Crippen molar-refractivity contribution in [2.75, 3.05) is 0 Å². The summed E-state index contributed by atoms with van der Waals surface area (Å²) < 4.78 is 5.16. The van der Waals surface area contributed by atoms with Crippen molar-refractivity contribution in [1.82, 2.24) is 0 Å². The minimum atomic E-state index is 0.0269. The lowest BCUT2D eigenvalue weighted by Crippen LogP contribution is -2.27. The summed E-state index contributed by atoms with van der Waals surface area (Å²) in [6.45, 7) is 7.24. The van der Waals surface area contributed by atoms with Crippen molar-refractivity contribution in [3.63, 3.8) is 0 Å².